The average molecular weight is 241 g/mol. The van der Waals surface area contributed by atoms with Gasteiger partial charge < -0.3 is 10.6 Å². The summed E-state index contributed by atoms with van der Waals surface area (Å²) in [4.78, 5) is 36.0. The highest BCUT2D eigenvalue weighted by Gasteiger charge is 2.36. The molecule has 1 saturated heterocycles. The number of nitrogens with one attached hydrogen (secondary N) is 1. The summed E-state index contributed by atoms with van der Waals surface area (Å²) >= 11 is 0. The van der Waals surface area contributed by atoms with E-state index in [9.17, 15) is 14.4 Å². The number of piperazine rings is 1. The molecule has 2 unspecified atom stereocenters. The lowest BCUT2D eigenvalue weighted by molar-refractivity contribution is -0.150. The van der Waals surface area contributed by atoms with Crippen molar-refractivity contribution in [1.82, 2.24) is 10.2 Å². The maximum absolute atomic E-state index is 12.1. The van der Waals surface area contributed by atoms with Crippen LogP contribution in [0.25, 0.3) is 0 Å². The number of carbonyl (C=O) groups is 3. The average Bonchev–Trinajstić information content (AvgIpc) is 2.30. The molecule has 3 atom stereocenters. The number of nitrogens with two attached hydrogens (primary N) is 1. The quantitative estimate of drug-likeness (QED) is 0.635. The maximum Gasteiger partial charge on any atom is 0.249 e. The van der Waals surface area contributed by atoms with Gasteiger partial charge in [-0.05, 0) is 12.8 Å². The fourth-order valence-corrected chi connectivity index (χ4v) is 1.67. The first kappa shape index (κ1) is 13.6. The van der Waals surface area contributed by atoms with Crippen molar-refractivity contribution in [2.75, 3.05) is 6.54 Å². The van der Waals surface area contributed by atoms with Crippen LogP contribution in [-0.2, 0) is 14.4 Å². The fraction of sp³-hybridized carbons (Fsp3) is 0.727. The van der Waals surface area contributed by atoms with Gasteiger partial charge in [-0.3, -0.25) is 19.7 Å². The minimum Gasteiger partial charge on any atom is -0.320 e. The molecule has 17 heavy (non-hydrogen) atoms. The van der Waals surface area contributed by atoms with E-state index in [4.69, 9.17) is 5.73 Å². The Morgan fingerprint density at radius 3 is 2.71 bits per heavy atom. The standard InChI is InChI=1S/C11H19N3O3/c1-4-6(2)9(12)11(17)14-5-8(15)13-10(16)7(14)3/h6-7,9H,4-5,12H2,1-3H3,(H,13,15,16)/t6?,7?,9-/m0/s1. The third kappa shape index (κ3) is 2.82. The molecular formula is C11H19N3O3. The normalized spacial score (nSPS) is 24.2. The molecule has 1 heterocycles. The van der Waals surface area contributed by atoms with Crippen LogP contribution in [0.15, 0.2) is 0 Å². The minimum atomic E-state index is -0.666. The molecular weight excluding hydrogens is 222 g/mol. The van der Waals surface area contributed by atoms with Crippen molar-refractivity contribution < 1.29 is 14.4 Å². The third-order valence-corrected chi connectivity index (χ3v) is 3.25. The van der Waals surface area contributed by atoms with E-state index in [1.807, 2.05) is 13.8 Å². The van der Waals surface area contributed by atoms with Gasteiger partial charge in [0.25, 0.3) is 0 Å². The van der Waals surface area contributed by atoms with E-state index in [0.717, 1.165) is 6.42 Å². The second kappa shape index (κ2) is 5.27. The zero-order chi connectivity index (χ0) is 13.2. The number of hydrogen-bond donors (Lipinski definition) is 2. The number of hydrogen-bond acceptors (Lipinski definition) is 4. The Balaban J connectivity index is 2.80. The van der Waals surface area contributed by atoms with Crippen molar-refractivity contribution in [1.29, 1.82) is 0 Å². The van der Waals surface area contributed by atoms with E-state index in [0.29, 0.717) is 0 Å². The van der Waals surface area contributed by atoms with Gasteiger partial charge in [-0.25, -0.2) is 0 Å². The molecule has 0 aliphatic carbocycles. The first-order valence-corrected chi connectivity index (χ1v) is 5.78. The molecule has 0 radical (unpaired) electrons. The second-order valence-corrected chi connectivity index (χ2v) is 4.47. The summed E-state index contributed by atoms with van der Waals surface area (Å²) in [6.07, 6.45) is 0.773. The molecule has 6 nitrogen and oxygen atoms in total. The van der Waals surface area contributed by atoms with E-state index >= 15 is 0 Å². The molecule has 0 spiro atoms. The van der Waals surface area contributed by atoms with Crippen LogP contribution in [0, 0.1) is 5.92 Å². The summed E-state index contributed by atoms with van der Waals surface area (Å²) < 4.78 is 0. The lowest BCUT2D eigenvalue weighted by Gasteiger charge is -2.34. The molecule has 0 bridgehead atoms. The third-order valence-electron chi connectivity index (χ3n) is 3.25. The van der Waals surface area contributed by atoms with Gasteiger partial charge in [0.2, 0.25) is 17.7 Å². The molecule has 1 aliphatic heterocycles. The molecule has 1 aliphatic rings. The van der Waals surface area contributed by atoms with Gasteiger partial charge in [-0.2, -0.15) is 0 Å². The molecule has 0 saturated carbocycles. The second-order valence-electron chi connectivity index (χ2n) is 4.47. The van der Waals surface area contributed by atoms with Crippen molar-refractivity contribution in [3.05, 3.63) is 0 Å². The molecule has 96 valence electrons. The van der Waals surface area contributed by atoms with Crippen molar-refractivity contribution in [2.45, 2.75) is 39.3 Å². The molecule has 0 aromatic carbocycles. The van der Waals surface area contributed by atoms with Crippen LogP contribution in [0.1, 0.15) is 27.2 Å². The van der Waals surface area contributed by atoms with Crippen molar-refractivity contribution in [3.63, 3.8) is 0 Å². The molecule has 6 heteroatoms. The van der Waals surface area contributed by atoms with E-state index in [-0.39, 0.29) is 18.4 Å². The predicted molar refractivity (Wildman–Crippen MR) is 61.8 cm³/mol. The highest BCUT2D eigenvalue weighted by Crippen LogP contribution is 2.12. The number of amides is 3. The Hall–Kier alpha value is -1.43. The summed E-state index contributed by atoms with van der Waals surface area (Å²) in [5, 5.41) is 2.18. The number of nitrogens with zero attached hydrogens (tertiary/aromatic N) is 1. The number of rotatable bonds is 3. The van der Waals surface area contributed by atoms with Crippen LogP contribution < -0.4 is 11.1 Å². The van der Waals surface area contributed by atoms with E-state index in [2.05, 4.69) is 5.32 Å². The molecule has 1 fully saturated rings. The Bertz CT molecular complexity index is 343. The first-order chi connectivity index (χ1) is 7.88. The van der Waals surface area contributed by atoms with Crippen molar-refractivity contribution in [2.24, 2.45) is 11.7 Å². The molecule has 0 aromatic rings. The Morgan fingerprint density at radius 2 is 2.18 bits per heavy atom. The molecule has 3 N–H and O–H groups in total. The fourth-order valence-electron chi connectivity index (χ4n) is 1.67. The zero-order valence-electron chi connectivity index (χ0n) is 10.4. The Labute approximate surface area is 101 Å². The van der Waals surface area contributed by atoms with Crippen LogP contribution in [0.2, 0.25) is 0 Å². The highest BCUT2D eigenvalue weighted by molar-refractivity contribution is 6.04. The van der Waals surface area contributed by atoms with Crippen LogP contribution >= 0.6 is 0 Å². The number of imide groups is 1. The Morgan fingerprint density at radius 1 is 1.59 bits per heavy atom. The van der Waals surface area contributed by atoms with Gasteiger partial charge >= 0.3 is 0 Å². The van der Waals surface area contributed by atoms with Crippen molar-refractivity contribution in [3.8, 4) is 0 Å². The highest BCUT2D eigenvalue weighted by atomic mass is 16.2. The minimum absolute atomic E-state index is 0.0230. The van der Waals surface area contributed by atoms with Crippen LogP contribution in [0.3, 0.4) is 0 Å². The zero-order valence-corrected chi connectivity index (χ0v) is 10.4. The summed E-state index contributed by atoms with van der Waals surface area (Å²) in [6, 6.07) is -1.31. The SMILES string of the molecule is CCC(C)[C@H](N)C(=O)N1CC(=O)NC(=O)C1C. The summed E-state index contributed by atoms with van der Waals surface area (Å²) in [5.74, 6) is -1.23. The van der Waals surface area contributed by atoms with Gasteiger partial charge in [-0.15, -0.1) is 0 Å². The van der Waals surface area contributed by atoms with E-state index < -0.39 is 23.9 Å². The smallest absolute Gasteiger partial charge is 0.249 e. The first-order valence-electron chi connectivity index (χ1n) is 5.78. The molecule has 1 rings (SSSR count). The Kier molecular flexibility index (Phi) is 4.22. The topological polar surface area (TPSA) is 92.5 Å². The predicted octanol–water partition coefficient (Wildman–Crippen LogP) is -0.767. The van der Waals surface area contributed by atoms with Gasteiger partial charge in [0, 0.05) is 0 Å². The summed E-state index contributed by atoms with van der Waals surface area (Å²) in [6.45, 7) is 5.30. The lowest BCUT2D eigenvalue weighted by atomic mass is 9.98. The lowest BCUT2D eigenvalue weighted by Crippen LogP contribution is -2.62. The van der Waals surface area contributed by atoms with Crippen molar-refractivity contribution >= 4 is 17.7 Å². The van der Waals surface area contributed by atoms with Gasteiger partial charge in [0.1, 0.15) is 12.6 Å². The van der Waals surface area contributed by atoms with Gasteiger partial charge in [0.05, 0.1) is 6.04 Å². The monoisotopic (exact) mass is 241 g/mol. The summed E-state index contributed by atoms with van der Waals surface area (Å²) in [5.41, 5.74) is 5.82. The van der Waals surface area contributed by atoms with Crippen LogP contribution in [0.4, 0.5) is 0 Å². The molecule has 0 aromatic heterocycles. The molecule has 3 amide bonds. The van der Waals surface area contributed by atoms with Crippen LogP contribution in [0.5, 0.6) is 0 Å². The van der Waals surface area contributed by atoms with Gasteiger partial charge in [0.15, 0.2) is 0 Å². The number of carbonyl (C=O) groups excluding carboxylic acids is 3. The largest absolute Gasteiger partial charge is 0.320 e. The maximum atomic E-state index is 12.1. The summed E-state index contributed by atoms with van der Waals surface area (Å²) in [7, 11) is 0. The van der Waals surface area contributed by atoms with E-state index in [1.165, 1.54) is 4.90 Å². The van der Waals surface area contributed by atoms with E-state index in [1.54, 1.807) is 6.92 Å². The van der Waals surface area contributed by atoms with Crippen LogP contribution in [-0.4, -0.2) is 41.2 Å². The van der Waals surface area contributed by atoms with Gasteiger partial charge in [-0.1, -0.05) is 20.3 Å².